The molecule has 0 atom stereocenters. The first-order valence-electron chi connectivity index (χ1n) is 7.92. The molecular weight excluding hydrogens is 309 g/mol. The van der Waals surface area contributed by atoms with Crippen molar-refractivity contribution < 1.29 is 18.7 Å². The Morgan fingerprint density at radius 3 is 2.75 bits per heavy atom. The zero-order valence-electron chi connectivity index (χ0n) is 13.8. The van der Waals surface area contributed by atoms with Crippen molar-refractivity contribution >= 4 is 5.91 Å². The summed E-state index contributed by atoms with van der Waals surface area (Å²) in [7, 11) is 0. The number of hydrogen-bond acceptors (Lipinski definition) is 3. The predicted molar refractivity (Wildman–Crippen MR) is 88.6 cm³/mol. The zero-order chi connectivity index (χ0) is 17.1. The van der Waals surface area contributed by atoms with Gasteiger partial charge in [-0.1, -0.05) is 18.2 Å². The van der Waals surface area contributed by atoms with Crippen molar-refractivity contribution in [2.75, 3.05) is 13.3 Å². The fourth-order valence-electron chi connectivity index (χ4n) is 3.01. The second-order valence-corrected chi connectivity index (χ2v) is 5.94. The molecule has 24 heavy (non-hydrogen) atoms. The van der Waals surface area contributed by atoms with E-state index in [1.165, 1.54) is 12.1 Å². The number of carbonyl (C=O) groups excluding carboxylic acids is 1. The standard InChI is InChI=1S/C19H20FNO3/c1-12-4-3-5-13(2)17(12)19(22)21-7-6-14-8-16(20)9-15-10-23-11-24-18(14)15/h3-5,8-9H,6-7,10-11H2,1-2H3,(H,21,22). The molecule has 1 amide bonds. The van der Waals surface area contributed by atoms with Gasteiger partial charge in [-0.25, -0.2) is 4.39 Å². The number of halogens is 1. The van der Waals surface area contributed by atoms with Gasteiger partial charge in [0.05, 0.1) is 6.61 Å². The van der Waals surface area contributed by atoms with Crippen molar-refractivity contribution in [1.82, 2.24) is 5.32 Å². The summed E-state index contributed by atoms with van der Waals surface area (Å²) in [6, 6.07) is 8.64. The van der Waals surface area contributed by atoms with Crippen LogP contribution in [0.1, 0.15) is 32.6 Å². The minimum atomic E-state index is -0.320. The van der Waals surface area contributed by atoms with Gasteiger partial charge in [-0.15, -0.1) is 0 Å². The molecule has 0 aliphatic carbocycles. The zero-order valence-corrected chi connectivity index (χ0v) is 13.8. The number of aryl methyl sites for hydroxylation is 2. The van der Waals surface area contributed by atoms with E-state index in [0.29, 0.717) is 36.4 Å². The topological polar surface area (TPSA) is 47.6 Å². The molecule has 0 saturated carbocycles. The molecule has 0 saturated heterocycles. The van der Waals surface area contributed by atoms with Gasteiger partial charge in [-0.05, 0) is 49.1 Å². The Balaban J connectivity index is 1.69. The highest BCUT2D eigenvalue weighted by atomic mass is 19.1. The van der Waals surface area contributed by atoms with Crippen LogP contribution in [0.15, 0.2) is 30.3 Å². The first-order chi connectivity index (χ1) is 11.6. The van der Waals surface area contributed by atoms with Gasteiger partial charge in [0.25, 0.3) is 5.91 Å². The van der Waals surface area contributed by atoms with E-state index in [2.05, 4.69) is 5.32 Å². The number of benzene rings is 2. The number of ether oxygens (including phenoxy) is 2. The summed E-state index contributed by atoms with van der Waals surface area (Å²) in [4.78, 5) is 12.4. The number of nitrogens with one attached hydrogen (secondary N) is 1. The molecule has 4 nitrogen and oxygen atoms in total. The Morgan fingerprint density at radius 1 is 1.25 bits per heavy atom. The molecule has 126 valence electrons. The van der Waals surface area contributed by atoms with E-state index in [0.717, 1.165) is 16.7 Å². The molecule has 1 aliphatic rings. The first kappa shape index (κ1) is 16.5. The molecule has 0 fully saturated rings. The van der Waals surface area contributed by atoms with Gasteiger partial charge >= 0.3 is 0 Å². The van der Waals surface area contributed by atoms with Crippen molar-refractivity contribution in [3.8, 4) is 5.75 Å². The lowest BCUT2D eigenvalue weighted by Crippen LogP contribution is -2.27. The van der Waals surface area contributed by atoms with Gasteiger partial charge in [-0.3, -0.25) is 4.79 Å². The monoisotopic (exact) mass is 329 g/mol. The second kappa shape index (κ2) is 7.01. The molecular formula is C19H20FNO3. The van der Waals surface area contributed by atoms with Crippen molar-refractivity contribution in [1.29, 1.82) is 0 Å². The smallest absolute Gasteiger partial charge is 0.251 e. The van der Waals surface area contributed by atoms with E-state index in [-0.39, 0.29) is 18.5 Å². The summed E-state index contributed by atoms with van der Waals surface area (Å²) in [6.45, 7) is 4.75. The minimum absolute atomic E-state index is 0.111. The molecule has 2 aromatic rings. The Hall–Kier alpha value is -2.40. The van der Waals surface area contributed by atoms with Crippen LogP contribution in [0.3, 0.4) is 0 Å². The number of fused-ring (bicyclic) bond motifs is 1. The van der Waals surface area contributed by atoms with Crippen molar-refractivity contribution in [3.63, 3.8) is 0 Å². The summed E-state index contributed by atoms with van der Waals surface area (Å²) < 4.78 is 24.4. The third-order valence-electron chi connectivity index (χ3n) is 4.14. The average Bonchev–Trinajstić information content (AvgIpc) is 2.54. The maximum Gasteiger partial charge on any atom is 0.251 e. The molecule has 1 aliphatic heterocycles. The Bertz CT molecular complexity index is 753. The van der Waals surface area contributed by atoms with Crippen LogP contribution < -0.4 is 10.1 Å². The highest BCUT2D eigenvalue weighted by Gasteiger charge is 2.17. The molecule has 2 aromatic carbocycles. The summed E-state index contributed by atoms with van der Waals surface area (Å²) in [5, 5.41) is 2.91. The van der Waals surface area contributed by atoms with Gasteiger partial charge in [0.2, 0.25) is 0 Å². The number of carbonyl (C=O) groups is 1. The largest absolute Gasteiger partial charge is 0.467 e. The maximum absolute atomic E-state index is 13.7. The van der Waals surface area contributed by atoms with Crippen LogP contribution in [-0.2, 0) is 17.8 Å². The Labute approximate surface area is 140 Å². The third-order valence-corrected chi connectivity index (χ3v) is 4.14. The lowest BCUT2D eigenvalue weighted by molar-refractivity contribution is -0.0172. The fourth-order valence-corrected chi connectivity index (χ4v) is 3.01. The molecule has 5 heteroatoms. The highest BCUT2D eigenvalue weighted by molar-refractivity contribution is 5.97. The van der Waals surface area contributed by atoms with E-state index >= 15 is 0 Å². The van der Waals surface area contributed by atoms with Crippen molar-refractivity contribution in [2.24, 2.45) is 0 Å². The summed E-state index contributed by atoms with van der Waals surface area (Å²) >= 11 is 0. The lowest BCUT2D eigenvalue weighted by atomic mass is 10.0. The lowest BCUT2D eigenvalue weighted by Gasteiger charge is -2.21. The van der Waals surface area contributed by atoms with Crippen LogP contribution in [0.25, 0.3) is 0 Å². The van der Waals surface area contributed by atoms with E-state index < -0.39 is 0 Å². The normalized spacial score (nSPS) is 13.1. The maximum atomic E-state index is 13.7. The molecule has 3 rings (SSSR count). The second-order valence-electron chi connectivity index (χ2n) is 5.94. The van der Waals surface area contributed by atoms with Crippen LogP contribution in [0, 0.1) is 19.7 Å². The Morgan fingerprint density at radius 2 is 2.00 bits per heavy atom. The van der Waals surface area contributed by atoms with Crippen LogP contribution >= 0.6 is 0 Å². The Kier molecular flexibility index (Phi) is 4.81. The minimum Gasteiger partial charge on any atom is -0.467 e. The van der Waals surface area contributed by atoms with Gasteiger partial charge in [-0.2, -0.15) is 0 Å². The highest BCUT2D eigenvalue weighted by Crippen LogP contribution is 2.29. The number of rotatable bonds is 4. The van der Waals surface area contributed by atoms with Gasteiger partial charge < -0.3 is 14.8 Å². The molecule has 1 N–H and O–H groups in total. The number of hydrogen-bond donors (Lipinski definition) is 1. The molecule has 0 aromatic heterocycles. The van der Waals surface area contributed by atoms with E-state index in [4.69, 9.17) is 9.47 Å². The van der Waals surface area contributed by atoms with Crippen LogP contribution in [0.2, 0.25) is 0 Å². The molecule has 0 spiro atoms. The van der Waals surface area contributed by atoms with E-state index in [1.807, 2.05) is 32.0 Å². The van der Waals surface area contributed by atoms with Crippen molar-refractivity contribution in [3.05, 3.63) is 64.0 Å². The van der Waals surface area contributed by atoms with Gasteiger partial charge in [0.15, 0.2) is 6.79 Å². The third kappa shape index (κ3) is 3.41. The van der Waals surface area contributed by atoms with E-state index in [1.54, 1.807) is 0 Å². The molecule has 1 heterocycles. The first-order valence-corrected chi connectivity index (χ1v) is 7.92. The summed E-state index contributed by atoms with van der Waals surface area (Å²) in [5.74, 6) is 0.239. The molecule has 0 unspecified atom stereocenters. The van der Waals surface area contributed by atoms with Crippen LogP contribution in [-0.4, -0.2) is 19.2 Å². The molecule has 0 bridgehead atoms. The van der Waals surface area contributed by atoms with Gasteiger partial charge in [0.1, 0.15) is 11.6 Å². The predicted octanol–water partition coefficient (Wildman–Crippen LogP) is 3.28. The van der Waals surface area contributed by atoms with Crippen LogP contribution in [0.5, 0.6) is 5.75 Å². The fraction of sp³-hybridized carbons (Fsp3) is 0.316. The quantitative estimate of drug-likeness (QED) is 0.936. The average molecular weight is 329 g/mol. The summed E-state index contributed by atoms with van der Waals surface area (Å²) in [6.07, 6.45) is 0.497. The number of amides is 1. The summed E-state index contributed by atoms with van der Waals surface area (Å²) in [5.41, 5.74) is 4.03. The molecule has 0 radical (unpaired) electrons. The van der Waals surface area contributed by atoms with Crippen LogP contribution in [0.4, 0.5) is 4.39 Å². The SMILES string of the molecule is Cc1cccc(C)c1C(=O)NCCc1cc(F)cc2c1OCOC2. The van der Waals surface area contributed by atoms with Gasteiger partial charge in [0, 0.05) is 17.7 Å². The van der Waals surface area contributed by atoms with Crippen molar-refractivity contribution in [2.45, 2.75) is 26.9 Å². The van der Waals surface area contributed by atoms with E-state index in [9.17, 15) is 9.18 Å².